The number of rotatable bonds is 3. The van der Waals surface area contributed by atoms with Crippen LogP contribution in [0.4, 0.5) is 10.5 Å². The number of benzene rings is 3. The van der Waals surface area contributed by atoms with E-state index in [2.05, 4.69) is 24.6 Å². The SMILES string of the molecule is CC1(C)Cc2cc(NC(=O)N3NC(c4ccc(Cl)cc4)=CC3c3ccc(Cl)cc3)ccc2O1. The molecule has 33 heavy (non-hydrogen) atoms. The molecule has 2 aliphatic rings. The van der Waals surface area contributed by atoms with Crippen molar-refractivity contribution in [2.75, 3.05) is 5.32 Å². The molecule has 0 saturated carbocycles. The minimum absolute atomic E-state index is 0.238. The standard InChI is InChI=1S/C26H23Cl2N3O2/c1-26(2)15-18-13-21(11-12-24(18)33-26)29-25(32)31-23(17-5-9-20(28)10-6-17)14-22(30-31)16-3-7-19(27)8-4-16/h3-14,23,30H,15H2,1-2H3,(H,29,32). The van der Waals surface area contributed by atoms with Gasteiger partial charge >= 0.3 is 6.03 Å². The Morgan fingerprint density at radius 3 is 2.39 bits per heavy atom. The molecule has 0 fully saturated rings. The molecule has 2 aliphatic heterocycles. The number of nitrogens with one attached hydrogen (secondary N) is 2. The molecular formula is C26H23Cl2N3O2. The van der Waals surface area contributed by atoms with Gasteiger partial charge in [0.1, 0.15) is 17.4 Å². The molecule has 2 N–H and O–H groups in total. The number of carbonyl (C=O) groups excluding carboxylic acids is 1. The number of hydrogen-bond acceptors (Lipinski definition) is 3. The Hall–Kier alpha value is -3.15. The molecule has 168 valence electrons. The molecular weight excluding hydrogens is 457 g/mol. The first-order valence-electron chi connectivity index (χ1n) is 10.7. The van der Waals surface area contributed by atoms with Crippen molar-refractivity contribution in [1.82, 2.24) is 10.4 Å². The van der Waals surface area contributed by atoms with Crippen LogP contribution in [-0.2, 0) is 6.42 Å². The number of amides is 2. The second-order valence-electron chi connectivity index (χ2n) is 8.86. The van der Waals surface area contributed by atoms with E-state index in [1.54, 1.807) is 5.01 Å². The lowest BCUT2D eigenvalue weighted by Gasteiger charge is -2.26. The molecule has 3 aromatic carbocycles. The Balaban J connectivity index is 1.41. The van der Waals surface area contributed by atoms with Crippen LogP contribution in [-0.4, -0.2) is 16.6 Å². The van der Waals surface area contributed by atoms with Gasteiger partial charge in [-0.25, -0.2) is 9.80 Å². The normalized spacial score (nSPS) is 18.2. The second-order valence-corrected chi connectivity index (χ2v) is 9.73. The summed E-state index contributed by atoms with van der Waals surface area (Å²) in [5.41, 5.74) is 7.52. The zero-order valence-electron chi connectivity index (χ0n) is 18.2. The topological polar surface area (TPSA) is 53.6 Å². The summed E-state index contributed by atoms with van der Waals surface area (Å²) in [5, 5.41) is 5.91. The van der Waals surface area contributed by atoms with Crippen LogP contribution >= 0.6 is 23.2 Å². The third kappa shape index (κ3) is 4.52. The maximum Gasteiger partial charge on any atom is 0.341 e. The lowest BCUT2D eigenvalue weighted by molar-refractivity contribution is 0.138. The molecule has 1 atom stereocenters. The minimum atomic E-state index is -0.315. The van der Waals surface area contributed by atoms with Crippen LogP contribution in [0.5, 0.6) is 5.75 Å². The average Bonchev–Trinajstić information content (AvgIpc) is 3.34. The van der Waals surface area contributed by atoms with Crippen molar-refractivity contribution in [2.24, 2.45) is 0 Å². The Kier molecular flexibility index (Phi) is 5.47. The highest BCUT2D eigenvalue weighted by molar-refractivity contribution is 6.30. The van der Waals surface area contributed by atoms with Crippen LogP contribution in [0.25, 0.3) is 5.70 Å². The molecule has 1 unspecified atom stereocenters. The van der Waals surface area contributed by atoms with Crippen molar-refractivity contribution >= 4 is 40.6 Å². The van der Waals surface area contributed by atoms with Gasteiger partial charge < -0.3 is 10.1 Å². The van der Waals surface area contributed by atoms with E-state index < -0.39 is 0 Å². The van der Waals surface area contributed by atoms with Crippen LogP contribution < -0.4 is 15.5 Å². The Morgan fingerprint density at radius 1 is 1.03 bits per heavy atom. The molecule has 0 saturated heterocycles. The fourth-order valence-corrected chi connectivity index (χ4v) is 4.46. The lowest BCUT2D eigenvalue weighted by Crippen LogP contribution is -2.42. The number of halogens is 2. The molecule has 5 nitrogen and oxygen atoms in total. The highest BCUT2D eigenvalue weighted by Crippen LogP contribution is 2.37. The number of anilines is 1. The summed E-state index contributed by atoms with van der Waals surface area (Å²) in [7, 11) is 0. The van der Waals surface area contributed by atoms with Gasteiger partial charge in [0, 0.05) is 27.7 Å². The monoisotopic (exact) mass is 479 g/mol. The van der Waals surface area contributed by atoms with Crippen LogP contribution in [0.15, 0.2) is 72.8 Å². The second kappa shape index (κ2) is 8.32. The predicted octanol–water partition coefficient (Wildman–Crippen LogP) is 6.84. The van der Waals surface area contributed by atoms with E-state index in [-0.39, 0.29) is 17.7 Å². The highest BCUT2D eigenvalue weighted by Gasteiger charge is 2.32. The molecule has 0 spiro atoms. The van der Waals surface area contributed by atoms with Gasteiger partial charge in [0.15, 0.2) is 0 Å². The molecule has 7 heteroatoms. The van der Waals surface area contributed by atoms with Gasteiger partial charge in [-0.1, -0.05) is 47.5 Å². The summed E-state index contributed by atoms with van der Waals surface area (Å²) in [6.07, 6.45) is 2.81. The van der Waals surface area contributed by atoms with E-state index in [1.165, 1.54) is 0 Å². The molecule has 0 bridgehead atoms. The number of urea groups is 1. The number of ether oxygens (including phenoxy) is 1. The van der Waals surface area contributed by atoms with Gasteiger partial charge in [-0.3, -0.25) is 5.43 Å². The van der Waals surface area contributed by atoms with Gasteiger partial charge in [-0.2, -0.15) is 0 Å². The molecule has 0 radical (unpaired) electrons. The fourth-order valence-electron chi connectivity index (χ4n) is 4.21. The third-order valence-corrected chi connectivity index (χ3v) is 6.25. The van der Waals surface area contributed by atoms with Crippen LogP contribution in [0.2, 0.25) is 10.0 Å². The summed E-state index contributed by atoms with van der Waals surface area (Å²) in [4.78, 5) is 13.4. The smallest absolute Gasteiger partial charge is 0.341 e. The zero-order chi connectivity index (χ0) is 23.2. The number of fused-ring (bicyclic) bond motifs is 1. The van der Waals surface area contributed by atoms with Crippen LogP contribution in [0.3, 0.4) is 0 Å². The number of hydrazine groups is 1. The Bertz CT molecular complexity index is 1240. The number of carbonyl (C=O) groups is 1. The first-order chi connectivity index (χ1) is 15.8. The number of nitrogens with zero attached hydrogens (tertiary/aromatic N) is 1. The predicted molar refractivity (Wildman–Crippen MR) is 132 cm³/mol. The van der Waals surface area contributed by atoms with Crippen LogP contribution in [0.1, 0.15) is 36.6 Å². The molecule has 2 amide bonds. The van der Waals surface area contributed by atoms with Crippen molar-refractivity contribution in [3.8, 4) is 5.75 Å². The van der Waals surface area contributed by atoms with Gasteiger partial charge in [0.05, 0.1) is 5.70 Å². The molecule has 0 aliphatic carbocycles. The quantitative estimate of drug-likeness (QED) is 0.432. The molecule has 2 heterocycles. The van der Waals surface area contributed by atoms with Gasteiger partial charge in [-0.05, 0) is 73.5 Å². The maximum absolute atomic E-state index is 13.4. The molecule has 3 aromatic rings. The van der Waals surface area contributed by atoms with Crippen molar-refractivity contribution in [3.63, 3.8) is 0 Å². The van der Waals surface area contributed by atoms with E-state index in [9.17, 15) is 4.79 Å². The summed E-state index contributed by atoms with van der Waals surface area (Å²) in [5.74, 6) is 0.864. The first-order valence-corrected chi connectivity index (χ1v) is 11.5. The van der Waals surface area contributed by atoms with Gasteiger partial charge in [0.2, 0.25) is 0 Å². The van der Waals surface area contributed by atoms with Gasteiger partial charge in [0.25, 0.3) is 0 Å². The van der Waals surface area contributed by atoms with E-state index in [0.29, 0.717) is 10.0 Å². The fraction of sp³-hybridized carbons (Fsp3) is 0.192. The minimum Gasteiger partial charge on any atom is -0.487 e. The van der Waals surface area contributed by atoms with E-state index >= 15 is 0 Å². The summed E-state index contributed by atoms with van der Waals surface area (Å²) < 4.78 is 5.95. The Morgan fingerprint density at radius 2 is 1.70 bits per heavy atom. The van der Waals surface area contributed by atoms with Crippen molar-refractivity contribution < 1.29 is 9.53 Å². The van der Waals surface area contributed by atoms with Crippen molar-refractivity contribution in [1.29, 1.82) is 0 Å². The van der Waals surface area contributed by atoms with E-state index in [1.807, 2.05) is 72.8 Å². The maximum atomic E-state index is 13.4. The van der Waals surface area contributed by atoms with Crippen molar-refractivity contribution in [2.45, 2.75) is 31.9 Å². The average molecular weight is 480 g/mol. The third-order valence-electron chi connectivity index (χ3n) is 5.74. The Labute approximate surface area is 202 Å². The van der Waals surface area contributed by atoms with E-state index in [4.69, 9.17) is 27.9 Å². The van der Waals surface area contributed by atoms with Crippen molar-refractivity contribution in [3.05, 3.63) is 99.5 Å². The van der Waals surface area contributed by atoms with Crippen LogP contribution in [0, 0.1) is 0 Å². The molecule has 5 rings (SSSR count). The summed E-state index contributed by atoms with van der Waals surface area (Å²) in [6.45, 7) is 4.11. The highest BCUT2D eigenvalue weighted by atomic mass is 35.5. The summed E-state index contributed by atoms with van der Waals surface area (Å²) >= 11 is 12.1. The summed E-state index contributed by atoms with van der Waals surface area (Å²) in [6, 6.07) is 20.1. The zero-order valence-corrected chi connectivity index (χ0v) is 19.7. The van der Waals surface area contributed by atoms with Gasteiger partial charge in [-0.15, -0.1) is 0 Å². The lowest BCUT2D eigenvalue weighted by atomic mass is 10.0. The number of hydrogen-bond donors (Lipinski definition) is 2. The molecule has 0 aromatic heterocycles. The largest absolute Gasteiger partial charge is 0.487 e. The van der Waals surface area contributed by atoms with E-state index in [0.717, 1.165) is 40.2 Å². The first kappa shape index (κ1) is 21.7.